The molecular formula is C29H31N5O3S2. The van der Waals surface area contributed by atoms with Crippen LogP contribution in [0.25, 0.3) is 22.5 Å². The third-order valence-corrected chi connectivity index (χ3v) is 8.00. The van der Waals surface area contributed by atoms with Crippen LogP contribution >= 0.6 is 23.1 Å². The number of amides is 1. The zero-order chi connectivity index (χ0) is 27.8. The molecule has 0 atom stereocenters. The summed E-state index contributed by atoms with van der Waals surface area (Å²) in [7, 11) is 1.33. The Hall–Kier alpha value is -3.89. The van der Waals surface area contributed by atoms with Crippen molar-refractivity contribution in [2.24, 2.45) is 0 Å². The van der Waals surface area contributed by atoms with E-state index in [1.807, 2.05) is 52.4 Å². The largest absolute Gasteiger partial charge is 0.465 e. The number of aromatic nitrogens is 3. The van der Waals surface area contributed by atoms with Crippen LogP contribution in [0.2, 0.25) is 0 Å². The lowest BCUT2D eigenvalue weighted by Gasteiger charge is -2.21. The summed E-state index contributed by atoms with van der Waals surface area (Å²) in [5, 5.41) is 14.5. The van der Waals surface area contributed by atoms with Crippen LogP contribution in [0.4, 0.5) is 10.7 Å². The number of allylic oxidation sites excluding steroid dienone is 1. The van der Waals surface area contributed by atoms with Gasteiger partial charge in [-0.25, -0.2) is 4.79 Å². The van der Waals surface area contributed by atoms with E-state index in [0.29, 0.717) is 28.1 Å². The van der Waals surface area contributed by atoms with Crippen molar-refractivity contribution >= 4 is 45.7 Å². The molecule has 1 N–H and O–H groups in total. The van der Waals surface area contributed by atoms with Crippen molar-refractivity contribution in [3.8, 4) is 22.5 Å². The number of esters is 1. The maximum absolute atomic E-state index is 12.9. The smallest absolute Gasteiger partial charge is 0.341 e. The standard InChI is InChI=1S/C29H31N5O3S2/c1-5-17-34-26(21-13-15-22(16-14-21)33(6-2)7-3)31-32-29(34)39-19-24(35)30-27-25(28(36)37-4)23(18-38-27)20-11-9-8-10-12-20/h5,8-16,18H,1,6-7,17,19H2,2-4H3,(H,30,35). The van der Waals surface area contributed by atoms with Crippen LogP contribution in [0.1, 0.15) is 24.2 Å². The lowest BCUT2D eigenvalue weighted by Crippen LogP contribution is -2.21. The molecule has 0 aliphatic heterocycles. The van der Waals surface area contributed by atoms with E-state index in [-0.39, 0.29) is 11.7 Å². The van der Waals surface area contributed by atoms with Crippen LogP contribution in [-0.2, 0) is 16.1 Å². The van der Waals surface area contributed by atoms with E-state index in [2.05, 4.69) is 53.0 Å². The Bertz CT molecular complexity index is 1430. The number of hydrogen-bond donors (Lipinski definition) is 1. The van der Waals surface area contributed by atoms with Crippen LogP contribution in [-0.4, -0.2) is 52.6 Å². The molecule has 0 saturated heterocycles. The summed E-state index contributed by atoms with van der Waals surface area (Å²) >= 11 is 2.57. The van der Waals surface area contributed by atoms with Gasteiger partial charge in [0.2, 0.25) is 5.91 Å². The van der Waals surface area contributed by atoms with Gasteiger partial charge < -0.3 is 15.0 Å². The number of thiophene rings is 1. The first-order valence-electron chi connectivity index (χ1n) is 12.6. The number of nitrogens with zero attached hydrogens (tertiary/aromatic N) is 4. The zero-order valence-corrected chi connectivity index (χ0v) is 23.8. The average molecular weight is 562 g/mol. The Morgan fingerprint density at radius 1 is 1.08 bits per heavy atom. The normalized spacial score (nSPS) is 10.7. The van der Waals surface area contributed by atoms with Gasteiger partial charge in [0.05, 0.1) is 12.9 Å². The summed E-state index contributed by atoms with van der Waals surface area (Å²) in [6, 6.07) is 17.8. The quantitative estimate of drug-likeness (QED) is 0.125. The number of hydrogen-bond acceptors (Lipinski definition) is 8. The summed E-state index contributed by atoms with van der Waals surface area (Å²) in [4.78, 5) is 27.8. The molecule has 0 spiro atoms. The number of rotatable bonds is 12. The maximum atomic E-state index is 12.9. The number of methoxy groups -OCH3 is 1. The van der Waals surface area contributed by atoms with Gasteiger partial charge in [-0.2, -0.15) is 0 Å². The first-order valence-corrected chi connectivity index (χ1v) is 14.4. The van der Waals surface area contributed by atoms with Crippen molar-refractivity contribution in [1.82, 2.24) is 14.8 Å². The van der Waals surface area contributed by atoms with E-state index < -0.39 is 5.97 Å². The fourth-order valence-electron chi connectivity index (χ4n) is 4.19. The molecule has 10 heteroatoms. The molecule has 2 aromatic heterocycles. The van der Waals surface area contributed by atoms with E-state index in [9.17, 15) is 9.59 Å². The van der Waals surface area contributed by atoms with Crippen LogP contribution in [0.3, 0.4) is 0 Å². The molecule has 0 aliphatic rings. The molecule has 0 aliphatic carbocycles. The second kappa shape index (κ2) is 13.3. The number of anilines is 2. The number of carbonyl (C=O) groups excluding carboxylic acids is 2. The molecule has 4 aromatic rings. The van der Waals surface area contributed by atoms with Crippen LogP contribution in [0.5, 0.6) is 0 Å². The number of benzene rings is 2. The average Bonchev–Trinajstić information content (AvgIpc) is 3.57. The summed E-state index contributed by atoms with van der Waals surface area (Å²) < 4.78 is 6.95. The van der Waals surface area contributed by atoms with Gasteiger partial charge in [0.15, 0.2) is 11.0 Å². The Morgan fingerprint density at radius 3 is 2.44 bits per heavy atom. The van der Waals surface area contributed by atoms with Crippen LogP contribution < -0.4 is 10.2 Å². The highest BCUT2D eigenvalue weighted by molar-refractivity contribution is 7.99. The monoisotopic (exact) mass is 561 g/mol. The molecule has 39 heavy (non-hydrogen) atoms. The van der Waals surface area contributed by atoms with Crippen molar-refractivity contribution < 1.29 is 14.3 Å². The van der Waals surface area contributed by atoms with E-state index in [0.717, 1.165) is 35.5 Å². The minimum absolute atomic E-state index is 0.0926. The highest BCUT2D eigenvalue weighted by atomic mass is 32.2. The van der Waals surface area contributed by atoms with Gasteiger partial charge in [-0.15, -0.1) is 28.1 Å². The first kappa shape index (κ1) is 28.1. The second-order valence-electron chi connectivity index (χ2n) is 8.47. The SMILES string of the molecule is C=CCn1c(SCC(=O)Nc2scc(-c3ccccc3)c2C(=O)OC)nnc1-c1ccc(N(CC)CC)cc1. The predicted octanol–water partition coefficient (Wildman–Crippen LogP) is 6.22. The lowest BCUT2D eigenvalue weighted by molar-refractivity contribution is -0.113. The van der Waals surface area contributed by atoms with Crippen molar-refractivity contribution in [3.63, 3.8) is 0 Å². The van der Waals surface area contributed by atoms with Gasteiger partial charge in [0, 0.05) is 41.8 Å². The van der Waals surface area contributed by atoms with Crippen LogP contribution in [0.15, 0.2) is 77.8 Å². The summed E-state index contributed by atoms with van der Waals surface area (Å²) in [5.74, 6) is 0.0444. The molecule has 8 nitrogen and oxygen atoms in total. The molecule has 202 valence electrons. The molecule has 1 amide bonds. The molecule has 0 bridgehead atoms. The molecule has 0 fully saturated rings. The Balaban J connectivity index is 1.50. The lowest BCUT2D eigenvalue weighted by atomic mass is 10.0. The summed E-state index contributed by atoms with van der Waals surface area (Å²) in [6.07, 6.45) is 1.78. The Morgan fingerprint density at radius 2 is 1.79 bits per heavy atom. The van der Waals surface area contributed by atoms with Gasteiger partial charge >= 0.3 is 5.97 Å². The zero-order valence-electron chi connectivity index (χ0n) is 22.2. The number of ether oxygens (including phenoxy) is 1. The second-order valence-corrected chi connectivity index (χ2v) is 10.3. The van der Waals surface area contributed by atoms with Crippen molar-refractivity contribution in [2.75, 3.05) is 36.2 Å². The highest BCUT2D eigenvalue weighted by Crippen LogP contribution is 2.36. The van der Waals surface area contributed by atoms with Crippen LogP contribution in [0, 0.1) is 0 Å². The van der Waals surface area contributed by atoms with E-state index >= 15 is 0 Å². The maximum Gasteiger partial charge on any atom is 0.341 e. The van der Waals surface area contributed by atoms with E-state index in [4.69, 9.17) is 4.74 Å². The summed E-state index contributed by atoms with van der Waals surface area (Å²) in [5.41, 5.74) is 4.03. The van der Waals surface area contributed by atoms with Crippen molar-refractivity contribution in [2.45, 2.75) is 25.5 Å². The Labute approximate surface area is 236 Å². The first-order chi connectivity index (χ1) is 19.0. The number of carbonyl (C=O) groups is 2. The molecule has 0 unspecified atom stereocenters. The van der Waals surface area contributed by atoms with Crippen molar-refractivity contribution in [1.29, 1.82) is 0 Å². The fourth-order valence-corrected chi connectivity index (χ4v) is 5.91. The van der Waals surface area contributed by atoms with E-state index in [1.54, 1.807) is 6.08 Å². The number of nitrogens with one attached hydrogen (secondary N) is 1. The van der Waals surface area contributed by atoms with E-state index in [1.165, 1.54) is 30.2 Å². The van der Waals surface area contributed by atoms with Crippen molar-refractivity contribution in [3.05, 3.63) is 78.2 Å². The van der Waals surface area contributed by atoms with Gasteiger partial charge in [0.1, 0.15) is 10.6 Å². The predicted molar refractivity (Wildman–Crippen MR) is 160 cm³/mol. The molecule has 2 aromatic carbocycles. The van der Waals surface area contributed by atoms with Gasteiger partial charge in [-0.3, -0.25) is 9.36 Å². The number of thioether (sulfide) groups is 1. The third-order valence-electron chi connectivity index (χ3n) is 6.13. The third kappa shape index (κ3) is 6.40. The van der Waals surface area contributed by atoms with Gasteiger partial charge in [0.25, 0.3) is 0 Å². The molecule has 4 rings (SSSR count). The fraction of sp³-hybridized carbons (Fsp3) is 0.241. The molecular weight excluding hydrogens is 530 g/mol. The topological polar surface area (TPSA) is 89.3 Å². The molecule has 0 saturated carbocycles. The minimum Gasteiger partial charge on any atom is -0.465 e. The molecule has 2 heterocycles. The van der Waals surface area contributed by atoms with Gasteiger partial charge in [-0.1, -0.05) is 48.2 Å². The minimum atomic E-state index is -0.500. The Kier molecular flexibility index (Phi) is 9.56. The summed E-state index contributed by atoms with van der Waals surface area (Å²) in [6.45, 7) is 10.5. The van der Waals surface area contributed by atoms with Gasteiger partial charge in [-0.05, 0) is 43.7 Å². The molecule has 0 radical (unpaired) electrons. The highest BCUT2D eigenvalue weighted by Gasteiger charge is 2.23.